The summed E-state index contributed by atoms with van der Waals surface area (Å²) in [6.45, 7) is 5.08. The number of carbonyl (C=O) groups is 1. The number of hydrogen-bond acceptors (Lipinski definition) is 6. The Morgan fingerprint density at radius 3 is 3.00 bits per heavy atom. The van der Waals surface area contributed by atoms with E-state index in [0.717, 1.165) is 42.0 Å². The summed E-state index contributed by atoms with van der Waals surface area (Å²) in [5, 5.41) is 3.76. The molecular formula is C20H22N4O2S. The van der Waals surface area contributed by atoms with Gasteiger partial charge in [0.15, 0.2) is 0 Å². The third-order valence-corrected chi connectivity index (χ3v) is 6.07. The van der Waals surface area contributed by atoms with Crippen LogP contribution in [0, 0.1) is 0 Å². The zero-order valence-electron chi connectivity index (χ0n) is 15.4. The number of aromatic nitrogens is 1. The van der Waals surface area contributed by atoms with Gasteiger partial charge in [-0.15, -0.1) is 11.3 Å². The minimum Gasteiger partial charge on any atom is -0.495 e. The van der Waals surface area contributed by atoms with Crippen molar-refractivity contribution in [1.82, 2.24) is 9.88 Å². The summed E-state index contributed by atoms with van der Waals surface area (Å²) >= 11 is 1.34. The Labute approximate surface area is 162 Å². The van der Waals surface area contributed by atoms with Crippen molar-refractivity contribution in [2.24, 2.45) is 0 Å². The number of likely N-dealkylation sites (N-methyl/N-ethyl adjacent to an activating group) is 1. The Bertz CT molecular complexity index is 1010. The van der Waals surface area contributed by atoms with Crippen LogP contribution in [0.4, 0.5) is 11.4 Å². The van der Waals surface area contributed by atoms with E-state index in [1.54, 1.807) is 19.2 Å². The molecule has 1 aliphatic rings. The predicted octanol–water partition coefficient (Wildman–Crippen LogP) is 3.52. The van der Waals surface area contributed by atoms with Crippen LogP contribution in [0.1, 0.15) is 27.9 Å². The lowest BCUT2D eigenvalue weighted by Crippen LogP contribution is -2.30. The molecule has 0 bridgehead atoms. The topological polar surface area (TPSA) is 80.5 Å². The van der Waals surface area contributed by atoms with E-state index in [-0.39, 0.29) is 5.91 Å². The molecule has 1 aromatic carbocycles. The summed E-state index contributed by atoms with van der Waals surface area (Å²) in [7, 11) is 1.58. The van der Waals surface area contributed by atoms with E-state index in [1.165, 1.54) is 16.9 Å². The van der Waals surface area contributed by atoms with Gasteiger partial charge in [0.1, 0.15) is 15.5 Å². The number of nitrogens with two attached hydrogens (primary N) is 1. The fourth-order valence-electron chi connectivity index (χ4n) is 3.42. The zero-order chi connectivity index (χ0) is 19.0. The standard InChI is InChI=1S/C20H22N4O2S/c1-3-24-9-8-14-12(11-24)10-13-17(21)18(27-20(13)23-14)19(25)22-15-6-4-5-7-16(15)26-2/h4-7,10H,3,8-9,11,21H2,1-2H3,(H,22,25). The average molecular weight is 382 g/mol. The molecule has 0 unspecified atom stereocenters. The maximum Gasteiger partial charge on any atom is 0.268 e. The Morgan fingerprint density at radius 2 is 2.22 bits per heavy atom. The number of pyridine rings is 1. The van der Waals surface area contributed by atoms with Crippen LogP contribution in [0.15, 0.2) is 30.3 Å². The largest absolute Gasteiger partial charge is 0.495 e. The molecule has 1 amide bonds. The van der Waals surface area contributed by atoms with E-state index < -0.39 is 0 Å². The van der Waals surface area contributed by atoms with Crippen molar-refractivity contribution in [3.63, 3.8) is 0 Å². The molecule has 0 spiro atoms. The highest BCUT2D eigenvalue weighted by molar-refractivity contribution is 7.21. The maximum atomic E-state index is 12.8. The summed E-state index contributed by atoms with van der Waals surface area (Å²) < 4.78 is 5.30. The lowest BCUT2D eigenvalue weighted by molar-refractivity contribution is 0.103. The van der Waals surface area contributed by atoms with Gasteiger partial charge in [0.25, 0.3) is 5.91 Å². The van der Waals surface area contributed by atoms with Crippen LogP contribution in [0.2, 0.25) is 0 Å². The Kier molecular flexibility index (Phi) is 4.72. The number of rotatable bonds is 4. The van der Waals surface area contributed by atoms with Crippen LogP contribution in [0.3, 0.4) is 0 Å². The molecule has 3 heterocycles. The average Bonchev–Trinajstić information content (AvgIpc) is 3.02. The van der Waals surface area contributed by atoms with Crippen LogP contribution >= 0.6 is 11.3 Å². The summed E-state index contributed by atoms with van der Waals surface area (Å²) in [4.78, 5) is 21.3. The SMILES string of the molecule is CCN1CCc2nc3sc(C(=O)Nc4ccccc4OC)c(N)c3cc2C1. The molecule has 0 saturated heterocycles. The number of anilines is 2. The third kappa shape index (κ3) is 3.24. The molecule has 1 aliphatic heterocycles. The van der Waals surface area contributed by atoms with E-state index in [2.05, 4.69) is 23.2 Å². The van der Waals surface area contributed by atoms with Crippen LogP contribution < -0.4 is 15.8 Å². The molecule has 0 atom stereocenters. The van der Waals surface area contributed by atoms with Crippen molar-refractivity contribution in [2.45, 2.75) is 19.9 Å². The van der Waals surface area contributed by atoms with Gasteiger partial charge in [-0.2, -0.15) is 0 Å². The molecule has 6 nitrogen and oxygen atoms in total. The van der Waals surface area contributed by atoms with Crippen molar-refractivity contribution in [3.05, 3.63) is 46.5 Å². The van der Waals surface area contributed by atoms with Crippen molar-refractivity contribution < 1.29 is 9.53 Å². The van der Waals surface area contributed by atoms with E-state index in [4.69, 9.17) is 15.5 Å². The number of nitrogen functional groups attached to an aromatic ring is 1. The molecule has 27 heavy (non-hydrogen) atoms. The van der Waals surface area contributed by atoms with Gasteiger partial charge in [0, 0.05) is 30.6 Å². The molecule has 2 aromatic heterocycles. The minimum absolute atomic E-state index is 0.242. The maximum absolute atomic E-state index is 12.8. The first-order valence-electron chi connectivity index (χ1n) is 8.98. The molecule has 3 N–H and O–H groups in total. The summed E-state index contributed by atoms with van der Waals surface area (Å²) in [5.41, 5.74) is 9.76. The van der Waals surface area contributed by atoms with Gasteiger partial charge < -0.3 is 15.8 Å². The highest BCUT2D eigenvalue weighted by Crippen LogP contribution is 2.36. The molecule has 140 valence electrons. The second-order valence-electron chi connectivity index (χ2n) is 6.56. The molecule has 0 fully saturated rings. The number of amides is 1. The lowest BCUT2D eigenvalue weighted by atomic mass is 10.0. The number of methoxy groups -OCH3 is 1. The van der Waals surface area contributed by atoms with Gasteiger partial charge in [-0.3, -0.25) is 9.69 Å². The number of nitrogens with zero attached hydrogens (tertiary/aromatic N) is 2. The van der Waals surface area contributed by atoms with E-state index >= 15 is 0 Å². The van der Waals surface area contributed by atoms with Gasteiger partial charge in [-0.25, -0.2) is 4.98 Å². The molecule has 0 aliphatic carbocycles. The van der Waals surface area contributed by atoms with Crippen LogP contribution in [0.25, 0.3) is 10.2 Å². The van der Waals surface area contributed by atoms with Crippen LogP contribution in [-0.4, -0.2) is 36.0 Å². The first kappa shape index (κ1) is 17.8. The van der Waals surface area contributed by atoms with Gasteiger partial charge >= 0.3 is 0 Å². The van der Waals surface area contributed by atoms with Crippen LogP contribution in [0.5, 0.6) is 5.75 Å². The number of para-hydroxylation sites is 2. The summed E-state index contributed by atoms with van der Waals surface area (Å²) in [6, 6.07) is 9.42. The number of thiophene rings is 1. The monoisotopic (exact) mass is 382 g/mol. The van der Waals surface area contributed by atoms with Crippen molar-refractivity contribution in [1.29, 1.82) is 0 Å². The first-order valence-corrected chi connectivity index (χ1v) is 9.79. The number of carbonyl (C=O) groups excluding carboxylic acids is 1. The molecule has 0 radical (unpaired) electrons. The molecule has 0 saturated carbocycles. The highest BCUT2D eigenvalue weighted by atomic mass is 32.1. The third-order valence-electron chi connectivity index (χ3n) is 4.96. The second-order valence-corrected chi connectivity index (χ2v) is 7.56. The quantitative estimate of drug-likeness (QED) is 0.722. The van der Waals surface area contributed by atoms with Crippen molar-refractivity contribution >= 4 is 38.8 Å². The first-order chi connectivity index (χ1) is 13.1. The van der Waals surface area contributed by atoms with E-state index in [9.17, 15) is 4.79 Å². The number of benzene rings is 1. The minimum atomic E-state index is -0.242. The Morgan fingerprint density at radius 1 is 1.41 bits per heavy atom. The Balaban J connectivity index is 1.68. The molecule has 7 heteroatoms. The van der Waals surface area contributed by atoms with Crippen molar-refractivity contribution in [3.8, 4) is 5.75 Å². The fraction of sp³-hybridized carbons (Fsp3) is 0.300. The fourth-order valence-corrected chi connectivity index (χ4v) is 4.41. The highest BCUT2D eigenvalue weighted by Gasteiger charge is 2.22. The van der Waals surface area contributed by atoms with Crippen molar-refractivity contribution in [2.75, 3.05) is 31.2 Å². The summed E-state index contributed by atoms with van der Waals surface area (Å²) in [5.74, 6) is 0.368. The summed E-state index contributed by atoms with van der Waals surface area (Å²) in [6.07, 6.45) is 0.930. The zero-order valence-corrected chi connectivity index (χ0v) is 16.2. The predicted molar refractivity (Wildman–Crippen MR) is 110 cm³/mol. The van der Waals surface area contributed by atoms with Crippen LogP contribution in [-0.2, 0) is 13.0 Å². The number of hydrogen-bond donors (Lipinski definition) is 2. The molecule has 4 rings (SSSR count). The van der Waals surface area contributed by atoms with E-state index in [1.807, 2.05) is 12.1 Å². The number of fused-ring (bicyclic) bond motifs is 2. The van der Waals surface area contributed by atoms with Gasteiger partial charge in [-0.1, -0.05) is 19.1 Å². The lowest BCUT2D eigenvalue weighted by Gasteiger charge is -2.26. The number of nitrogens with one attached hydrogen (secondary N) is 1. The Hall–Kier alpha value is -2.64. The number of ether oxygens (including phenoxy) is 1. The smallest absolute Gasteiger partial charge is 0.268 e. The van der Waals surface area contributed by atoms with Gasteiger partial charge in [-0.05, 0) is 30.3 Å². The second kappa shape index (κ2) is 7.17. The molecular weight excluding hydrogens is 360 g/mol. The van der Waals surface area contributed by atoms with Gasteiger partial charge in [0.05, 0.1) is 18.5 Å². The van der Waals surface area contributed by atoms with E-state index in [0.29, 0.717) is 22.0 Å². The molecule has 3 aromatic rings. The van der Waals surface area contributed by atoms with Gasteiger partial charge in [0.2, 0.25) is 0 Å². The normalized spacial score (nSPS) is 14.1.